The Balaban J connectivity index is 1.64. The van der Waals surface area contributed by atoms with E-state index in [2.05, 4.69) is 14.8 Å². The number of benzene rings is 1. The molecule has 1 aromatic heterocycles. The van der Waals surface area contributed by atoms with Crippen LogP contribution in [0.5, 0.6) is 0 Å². The van der Waals surface area contributed by atoms with Gasteiger partial charge in [0, 0.05) is 55.1 Å². The molecule has 1 aromatic carbocycles. The standard InChI is InChI=1S/C17H18ClFN4O/c18-14-2-1-3-15(19)13(14)11-22-6-8-23(9-7-22)16-10-12(17(20)24)4-5-21-16/h1-5,10H,6-9,11H2,(H2,20,24). The zero-order chi connectivity index (χ0) is 17.1. The van der Waals surface area contributed by atoms with Crippen molar-refractivity contribution >= 4 is 23.3 Å². The maximum absolute atomic E-state index is 13.9. The molecular formula is C17H18ClFN4O. The van der Waals surface area contributed by atoms with Crippen molar-refractivity contribution in [3.8, 4) is 0 Å². The highest BCUT2D eigenvalue weighted by Crippen LogP contribution is 2.22. The third-order valence-corrected chi connectivity index (χ3v) is 4.52. The number of nitrogens with two attached hydrogens (primary N) is 1. The van der Waals surface area contributed by atoms with Crippen LogP contribution in [0.25, 0.3) is 0 Å². The summed E-state index contributed by atoms with van der Waals surface area (Å²) >= 11 is 6.09. The Labute approximate surface area is 144 Å². The van der Waals surface area contributed by atoms with Gasteiger partial charge < -0.3 is 10.6 Å². The van der Waals surface area contributed by atoms with Crippen molar-refractivity contribution in [1.29, 1.82) is 0 Å². The lowest BCUT2D eigenvalue weighted by Crippen LogP contribution is -2.46. The van der Waals surface area contributed by atoms with Gasteiger partial charge in [-0.1, -0.05) is 17.7 Å². The normalized spacial score (nSPS) is 15.5. The van der Waals surface area contributed by atoms with Gasteiger partial charge in [0.2, 0.25) is 5.91 Å². The van der Waals surface area contributed by atoms with Gasteiger partial charge in [-0.3, -0.25) is 9.69 Å². The molecular weight excluding hydrogens is 331 g/mol. The van der Waals surface area contributed by atoms with Crippen LogP contribution in [0.4, 0.5) is 10.2 Å². The first kappa shape index (κ1) is 16.7. The van der Waals surface area contributed by atoms with Crippen LogP contribution < -0.4 is 10.6 Å². The van der Waals surface area contributed by atoms with E-state index in [9.17, 15) is 9.18 Å². The zero-order valence-corrected chi connectivity index (χ0v) is 13.8. The highest BCUT2D eigenvalue weighted by Gasteiger charge is 2.20. The minimum Gasteiger partial charge on any atom is -0.366 e. The summed E-state index contributed by atoms with van der Waals surface area (Å²) in [5, 5.41) is 0.452. The number of primary amides is 1. The second-order valence-corrected chi connectivity index (χ2v) is 6.14. The van der Waals surface area contributed by atoms with Crippen LogP contribution in [-0.2, 0) is 6.54 Å². The van der Waals surface area contributed by atoms with E-state index in [4.69, 9.17) is 17.3 Å². The van der Waals surface area contributed by atoms with Gasteiger partial charge in [-0.25, -0.2) is 9.37 Å². The molecule has 5 nitrogen and oxygen atoms in total. The third-order valence-electron chi connectivity index (χ3n) is 4.17. The zero-order valence-electron chi connectivity index (χ0n) is 13.1. The van der Waals surface area contributed by atoms with Gasteiger partial charge in [0.25, 0.3) is 0 Å². The van der Waals surface area contributed by atoms with Crippen molar-refractivity contribution in [2.45, 2.75) is 6.54 Å². The molecule has 0 saturated carbocycles. The maximum Gasteiger partial charge on any atom is 0.248 e. The Morgan fingerprint density at radius 3 is 2.67 bits per heavy atom. The minimum absolute atomic E-state index is 0.277. The minimum atomic E-state index is -0.466. The maximum atomic E-state index is 13.9. The molecule has 0 unspecified atom stereocenters. The summed E-state index contributed by atoms with van der Waals surface area (Å²) in [5.74, 6) is -0.0119. The second-order valence-electron chi connectivity index (χ2n) is 5.73. The van der Waals surface area contributed by atoms with E-state index in [1.807, 2.05) is 0 Å². The number of halogens is 2. The molecule has 2 N–H and O–H groups in total. The fraction of sp³-hybridized carbons (Fsp3) is 0.294. The topological polar surface area (TPSA) is 62.5 Å². The first-order valence-electron chi connectivity index (χ1n) is 7.70. The Morgan fingerprint density at radius 2 is 2.00 bits per heavy atom. The van der Waals surface area contributed by atoms with E-state index in [1.165, 1.54) is 6.07 Å². The quantitative estimate of drug-likeness (QED) is 0.921. The molecule has 7 heteroatoms. The van der Waals surface area contributed by atoms with Crippen molar-refractivity contribution in [2.75, 3.05) is 31.1 Å². The van der Waals surface area contributed by atoms with Crippen LogP contribution in [0.3, 0.4) is 0 Å². The number of carbonyl (C=O) groups excluding carboxylic acids is 1. The van der Waals surface area contributed by atoms with Gasteiger partial charge in [-0.2, -0.15) is 0 Å². The predicted molar refractivity (Wildman–Crippen MR) is 91.7 cm³/mol. The highest BCUT2D eigenvalue weighted by atomic mass is 35.5. The summed E-state index contributed by atoms with van der Waals surface area (Å²) < 4.78 is 13.9. The van der Waals surface area contributed by atoms with E-state index in [1.54, 1.807) is 30.5 Å². The number of hydrogen-bond acceptors (Lipinski definition) is 4. The first-order valence-corrected chi connectivity index (χ1v) is 8.08. The van der Waals surface area contributed by atoms with Crippen molar-refractivity contribution in [1.82, 2.24) is 9.88 Å². The Bertz CT molecular complexity index is 727. The summed E-state index contributed by atoms with van der Waals surface area (Å²) in [6.45, 7) is 3.47. The van der Waals surface area contributed by atoms with Crippen LogP contribution in [-0.4, -0.2) is 42.0 Å². The van der Waals surface area contributed by atoms with E-state index in [0.29, 0.717) is 22.7 Å². The van der Waals surface area contributed by atoms with E-state index < -0.39 is 5.91 Å². The van der Waals surface area contributed by atoms with Crippen molar-refractivity contribution in [3.63, 3.8) is 0 Å². The van der Waals surface area contributed by atoms with Crippen LogP contribution >= 0.6 is 11.6 Å². The van der Waals surface area contributed by atoms with E-state index >= 15 is 0 Å². The largest absolute Gasteiger partial charge is 0.366 e. The molecule has 1 fully saturated rings. The summed E-state index contributed by atoms with van der Waals surface area (Å²) in [6.07, 6.45) is 1.58. The molecule has 0 bridgehead atoms. The van der Waals surface area contributed by atoms with Crippen molar-refractivity contribution in [2.24, 2.45) is 5.73 Å². The van der Waals surface area contributed by atoms with Crippen LogP contribution in [0.2, 0.25) is 5.02 Å². The molecule has 1 aliphatic rings. The van der Waals surface area contributed by atoms with Gasteiger partial charge >= 0.3 is 0 Å². The molecule has 3 rings (SSSR count). The molecule has 2 heterocycles. The van der Waals surface area contributed by atoms with Crippen molar-refractivity contribution in [3.05, 3.63) is 58.5 Å². The summed E-state index contributed by atoms with van der Waals surface area (Å²) in [6, 6.07) is 8.04. The SMILES string of the molecule is NC(=O)c1ccnc(N2CCN(Cc3c(F)cccc3Cl)CC2)c1. The summed E-state index contributed by atoms with van der Waals surface area (Å²) in [7, 11) is 0. The van der Waals surface area contributed by atoms with Crippen LogP contribution in [0.1, 0.15) is 15.9 Å². The summed E-state index contributed by atoms with van der Waals surface area (Å²) in [4.78, 5) is 19.8. The smallest absolute Gasteiger partial charge is 0.248 e. The second kappa shape index (κ2) is 7.15. The number of nitrogens with zero attached hydrogens (tertiary/aromatic N) is 3. The molecule has 0 radical (unpaired) electrons. The fourth-order valence-corrected chi connectivity index (χ4v) is 3.01. The summed E-state index contributed by atoms with van der Waals surface area (Å²) in [5.41, 5.74) is 6.28. The Morgan fingerprint density at radius 1 is 1.25 bits per heavy atom. The number of carbonyl (C=O) groups is 1. The number of rotatable bonds is 4. The number of aromatic nitrogens is 1. The molecule has 2 aromatic rings. The number of piperazine rings is 1. The Hall–Kier alpha value is -2.18. The van der Waals surface area contributed by atoms with Gasteiger partial charge in [0.1, 0.15) is 11.6 Å². The number of hydrogen-bond donors (Lipinski definition) is 1. The third kappa shape index (κ3) is 3.66. The van der Waals surface area contributed by atoms with Gasteiger partial charge in [0.05, 0.1) is 0 Å². The lowest BCUT2D eigenvalue weighted by molar-refractivity contribution is 0.1000. The van der Waals surface area contributed by atoms with Gasteiger partial charge in [0.15, 0.2) is 0 Å². The number of pyridine rings is 1. The molecule has 1 saturated heterocycles. The van der Waals surface area contributed by atoms with Crippen molar-refractivity contribution < 1.29 is 9.18 Å². The molecule has 126 valence electrons. The number of amides is 1. The van der Waals surface area contributed by atoms with Crippen LogP contribution in [0.15, 0.2) is 36.5 Å². The van der Waals surface area contributed by atoms with E-state index in [-0.39, 0.29) is 5.82 Å². The molecule has 24 heavy (non-hydrogen) atoms. The monoisotopic (exact) mass is 348 g/mol. The molecule has 1 aliphatic heterocycles. The van der Waals surface area contributed by atoms with Gasteiger partial charge in [-0.15, -0.1) is 0 Å². The average Bonchev–Trinajstić information content (AvgIpc) is 2.59. The molecule has 0 aliphatic carbocycles. The van der Waals surface area contributed by atoms with E-state index in [0.717, 1.165) is 32.0 Å². The van der Waals surface area contributed by atoms with Gasteiger partial charge in [-0.05, 0) is 24.3 Å². The van der Waals surface area contributed by atoms with Crippen LogP contribution in [0, 0.1) is 5.82 Å². The predicted octanol–water partition coefficient (Wildman–Crippen LogP) is 2.30. The lowest BCUT2D eigenvalue weighted by atomic mass is 10.1. The molecule has 0 spiro atoms. The lowest BCUT2D eigenvalue weighted by Gasteiger charge is -2.35. The fourth-order valence-electron chi connectivity index (χ4n) is 2.79. The average molecular weight is 349 g/mol. The molecule has 1 amide bonds. The first-order chi connectivity index (χ1) is 11.5. The Kier molecular flexibility index (Phi) is 4.97. The molecule has 0 atom stereocenters. The highest BCUT2D eigenvalue weighted by molar-refractivity contribution is 6.31. The number of anilines is 1.